The maximum atomic E-state index is 13.7. The highest BCUT2D eigenvalue weighted by atomic mass is 19.4. The number of fused-ring (bicyclic) bond motifs is 1. The third-order valence-corrected chi connectivity index (χ3v) is 6.13. The molecular formula is C25H24F3N7O. The van der Waals surface area contributed by atoms with Gasteiger partial charge in [0.15, 0.2) is 5.69 Å². The number of anilines is 1. The van der Waals surface area contributed by atoms with Crippen molar-refractivity contribution in [3.05, 3.63) is 94.2 Å². The Morgan fingerprint density at radius 1 is 1.08 bits per heavy atom. The standard InChI is InChI=1S/C25H24F3N7O/c1-15-10-30-34(11-15)12-16-2-4-17(5-3-16)13-35-14-19(23(33-35)25(26,27)28)24(36)32-21-8-7-20-18(21)6-9-22(29)31-20/h2-6,9-11,14,21H,7-8,12-13H2,1H3,(H2,29,31)(H,32,36)/t21-/m1/s1. The molecule has 1 aromatic carbocycles. The van der Waals surface area contributed by atoms with Crippen LogP contribution in [0.25, 0.3) is 0 Å². The Hall–Kier alpha value is -4.15. The highest BCUT2D eigenvalue weighted by molar-refractivity contribution is 5.95. The van der Waals surface area contributed by atoms with Gasteiger partial charge in [-0.15, -0.1) is 0 Å². The largest absolute Gasteiger partial charge is 0.435 e. The molecule has 4 aromatic rings. The summed E-state index contributed by atoms with van der Waals surface area (Å²) in [4.78, 5) is 17.2. The molecule has 0 aliphatic heterocycles. The van der Waals surface area contributed by atoms with Crippen LogP contribution in [0, 0.1) is 6.92 Å². The number of halogens is 3. The van der Waals surface area contributed by atoms with Gasteiger partial charge in [-0.2, -0.15) is 23.4 Å². The average molecular weight is 496 g/mol. The lowest BCUT2D eigenvalue weighted by atomic mass is 10.1. The molecule has 36 heavy (non-hydrogen) atoms. The van der Waals surface area contributed by atoms with E-state index < -0.39 is 29.4 Å². The van der Waals surface area contributed by atoms with Crippen LogP contribution < -0.4 is 11.1 Å². The first-order valence-corrected chi connectivity index (χ1v) is 11.4. The summed E-state index contributed by atoms with van der Waals surface area (Å²) in [5.41, 5.74) is 8.33. The van der Waals surface area contributed by atoms with E-state index in [0.29, 0.717) is 25.2 Å². The van der Waals surface area contributed by atoms with E-state index in [4.69, 9.17) is 5.73 Å². The fraction of sp³-hybridized carbons (Fsp3) is 0.280. The van der Waals surface area contributed by atoms with Crippen molar-refractivity contribution < 1.29 is 18.0 Å². The van der Waals surface area contributed by atoms with Crippen LogP contribution in [-0.4, -0.2) is 30.5 Å². The Morgan fingerprint density at radius 3 is 2.42 bits per heavy atom. The second-order valence-corrected chi connectivity index (χ2v) is 8.96. The van der Waals surface area contributed by atoms with Gasteiger partial charge in [0.25, 0.3) is 5.91 Å². The molecule has 1 amide bonds. The second kappa shape index (κ2) is 9.14. The average Bonchev–Trinajstić information content (AvgIpc) is 3.54. The number of pyridine rings is 1. The fourth-order valence-electron chi connectivity index (χ4n) is 4.42. The monoisotopic (exact) mass is 495 g/mol. The van der Waals surface area contributed by atoms with E-state index in [1.54, 1.807) is 18.3 Å². The van der Waals surface area contributed by atoms with Crippen LogP contribution in [0.15, 0.2) is 55.0 Å². The lowest BCUT2D eigenvalue weighted by molar-refractivity contribution is -0.141. The quantitative estimate of drug-likeness (QED) is 0.422. The molecule has 1 atom stereocenters. The Morgan fingerprint density at radius 2 is 1.78 bits per heavy atom. The number of nitrogens with zero attached hydrogens (tertiary/aromatic N) is 5. The number of carbonyl (C=O) groups is 1. The summed E-state index contributed by atoms with van der Waals surface area (Å²) in [6.45, 7) is 2.64. The van der Waals surface area contributed by atoms with Gasteiger partial charge in [0.2, 0.25) is 0 Å². The van der Waals surface area contributed by atoms with E-state index in [-0.39, 0.29) is 6.54 Å². The summed E-state index contributed by atoms with van der Waals surface area (Å²) < 4.78 is 44.2. The van der Waals surface area contributed by atoms with Gasteiger partial charge in [0, 0.05) is 18.1 Å². The summed E-state index contributed by atoms with van der Waals surface area (Å²) in [6.07, 6.45) is 1.21. The van der Waals surface area contributed by atoms with Gasteiger partial charge in [-0.3, -0.25) is 14.2 Å². The number of benzene rings is 1. The van der Waals surface area contributed by atoms with Crippen molar-refractivity contribution in [3.8, 4) is 0 Å². The van der Waals surface area contributed by atoms with E-state index in [9.17, 15) is 18.0 Å². The molecular weight excluding hydrogens is 471 g/mol. The Labute approximate surface area is 204 Å². The first kappa shape index (κ1) is 23.6. The maximum absolute atomic E-state index is 13.7. The van der Waals surface area contributed by atoms with E-state index in [0.717, 1.165) is 38.8 Å². The molecule has 8 nitrogen and oxygen atoms in total. The van der Waals surface area contributed by atoms with E-state index >= 15 is 0 Å². The van der Waals surface area contributed by atoms with Crippen LogP contribution in [0.3, 0.4) is 0 Å². The van der Waals surface area contributed by atoms with Gasteiger partial charge in [-0.25, -0.2) is 4.98 Å². The molecule has 0 unspecified atom stereocenters. The molecule has 11 heteroatoms. The van der Waals surface area contributed by atoms with Gasteiger partial charge in [0.05, 0.1) is 30.9 Å². The maximum Gasteiger partial charge on any atom is 0.435 e. The minimum atomic E-state index is -4.77. The molecule has 5 rings (SSSR count). The highest BCUT2D eigenvalue weighted by Crippen LogP contribution is 2.33. The van der Waals surface area contributed by atoms with E-state index in [1.807, 2.05) is 42.1 Å². The number of aryl methyl sites for hydroxylation is 2. The number of alkyl halides is 3. The first-order valence-electron chi connectivity index (χ1n) is 11.4. The fourth-order valence-corrected chi connectivity index (χ4v) is 4.42. The van der Waals surface area contributed by atoms with Crippen LogP contribution in [0.1, 0.15) is 56.5 Å². The summed E-state index contributed by atoms with van der Waals surface area (Å²) in [5, 5.41) is 10.7. The van der Waals surface area contributed by atoms with Crippen molar-refractivity contribution in [1.29, 1.82) is 0 Å². The number of aromatic nitrogens is 5. The number of rotatable bonds is 6. The molecule has 0 spiro atoms. The lowest BCUT2D eigenvalue weighted by Gasteiger charge is -2.14. The highest BCUT2D eigenvalue weighted by Gasteiger charge is 2.40. The molecule has 0 saturated heterocycles. The Bertz CT molecular complexity index is 1410. The van der Waals surface area contributed by atoms with Gasteiger partial charge in [0.1, 0.15) is 5.82 Å². The molecule has 3 aromatic heterocycles. The third-order valence-electron chi connectivity index (χ3n) is 6.13. The molecule has 0 fully saturated rings. The zero-order chi connectivity index (χ0) is 25.4. The van der Waals surface area contributed by atoms with Crippen molar-refractivity contribution in [1.82, 2.24) is 29.9 Å². The number of hydrogen-bond donors (Lipinski definition) is 2. The van der Waals surface area contributed by atoms with Crippen molar-refractivity contribution >= 4 is 11.7 Å². The smallest absolute Gasteiger partial charge is 0.384 e. The summed E-state index contributed by atoms with van der Waals surface area (Å²) in [7, 11) is 0. The van der Waals surface area contributed by atoms with Gasteiger partial charge >= 0.3 is 6.18 Å². The minimum absolute atomic E-state index is 0.0903. The predicted octanol–water partition coefficient (Wildman–Crippen LogP) is 3.90. The number of amides is 1. The topological polar surface area (TPSA) is 104 Å². The molecule has 0 bridgehead atoms. The van der Waals surface area contributed by atoms with E-state index in [1.165, 1.54) is 0 Å². The minimum Gasteiger partial charge on any atom is -0.384 e. The van der Waals surface area contributed by atoms with Crippen LogP contribution in [0.5, 0.6) is 0 Å². The summed E-state index contributed by atoms with van der Waals surface area (Å²) >= 11 is 0. The number of carbonyl (C=O) groups excluding carboxylic acids is 1. The Balaban J connectivity index is 1.32. The third kappa shape index (κ3) is 4.95. The molecule has 3 heterocycles. The van der Waals surface area contributed by atoms with Crippen molar-refractivity contribution in [2.45, 2.75) is 45.1 Å². The molecule has 0 saturated carbocycles. The van der Waals surface area contributed by atoms with Gasteiger partial charge < -0.3 is 11.1 Å². The van der Waals surface area contributed by atoms with Crippen LogP contribution >= 0.6 is 0 Å². The lowest BCUT2D eigenvalue weighted by Crippen LogP contribution is -2.28. The van der Waals surface area contributed by atoms with E-state index in [2.05, 4.69) is 20.5 Å². The normalized spacial score (nSPS) is 15.2. The molecule has 3 N–H and O–H groups in total. The molecule has 0 radical (unpaired) electrons. The number of nitrogens with one attached hydrogen (secondary N) is 1. The van der Waals surface area contributed by atoms with Crippen molar-refractivity contribution in [2.24, 2.45) is 0 Å². The summed E-state index contributed by atoms with van der Waals surface area (Å²) in [5.74, 6) is -0.459. The van der Waals surface area contributed by atoms with Crippen LogP contribution in [0.4, 0.5) is 19.0 Å². The van der Waals surface area contributed by atoms with Crippen molar-refractivity contribution in [3.63, 3.8) is 0 Å². The zero-order valence-electron chi connectivity index (χ0n) is 19.5. The van der Waals surface area contributed by atoms with Crippen LogP contribution in [-0.2, 0) is 25.7 Å². The number of nitrogens with two attached hydrogens (primary N) is 1. The second-order valence-electron chi connectivity index (χ2n) is 8.96. The SMILES string of the molecule is Cc1cnn(Cc2ccc(Cn3cc(C(=O)N[C@@H]4CCc5nc(N)ccc54)c(C(F)(F)F)n3)cc2)c1. The Kier molecular flexibility index (Phi) is 5.99. The number of nitrogen functional groups attached to an aromatic ring is 1. The summed E-state index contributed by atoms with van der Waals surface area (Å²) in [6, 6.07) is 10.4. The molecule has 1 aliphatic carbocycles. The molecule has 1 aliphatic rings. The van der Waals surface area contributed by atoms with Crippen LogP contribution in [0.2, 0.25) is 0 Å². The zero-order valence-corrected chi connectivity index (χ0v) is 19.5. The van der Waals surface area contributed by atoms with Gasteiger partial charge in [-0.05, 0) is 48.1 Å². The molecule has 186 valence electrons. The predicted molar refractivity (Wildman–Crippen MR) is 126 cm³/mol. The number of hydrogen-bond acceptors (Lipinski definition) is 5. The first-order chi connectivity index (χ1) is 17.2. The van der Waals surface area contributed by atoms with Gasteiger partial charge in [-0.1, -0.05) is 30.3 Å². The van der Waals surface area contributed by atoms with Crippen molar-refractivity contribution in [2.75, 3.05) is 5.73 Å².